The molecule has 0 heterocycles. The molecule has 0 bridgehead atoms. The van der Waals surface area contributed by atoms with Gasteiger partial charge in [-0.1, -0.05) is 19.1 Å². The molecule has 1 atom stereocenters. The number of halogens is 1. The highest BCUT2D eigenvalue weighted by Crippen LogP contribution is 2.30. The topological polar surface area (TPSA) is 59.0 Å². The molecule has 1 aromatic rings. The molecule has 0 saturated heterocycles. The fourth-order valence-electron chi connectivity index (χ4n) is 1.78. The molecule has 0 aromatic heterocycles. The lowest BCUT2D eigenvalue weighted by Gasteiger charge is -2.15. The van der Waals surface area contributed by atoms with E-state index in [0.29, 0.717) is 13.0 Å². The summed E-state index contributed by atoms with van der Waals surface area (Å²) in [6, 6.07) is 8.35. The highest BCUT2D eigenvalue weighted by Gasteiger charge is 2.10. The molecule has 1 unspecified atom stereocenters. The van der Waals surface area contributed by atoms with Crippen LogP contribution in [0.15, 0.2) is 22.7 Å². The summed E-state index contributed by atoms with van der Waals surface area (Å²) in [7, 11) is 0. The SMILES string of the molecule is CCC(N)Cc1cccc(Br)c1OCCCCC#N. The van der Waals surface area contributed by atoms with Gasteiger partial charge in [0, 0.05) is 12.5 Å². The number of ether oxygens (including phenoxy) is 1. The van der Waals surface area contributed by atoms with Crippen molar-refractivity contribution in [3.05, 3.63) is 28.2 Å². The molecule has 19 heavy (non-hydrogen) atoms. The van der Waals surface area contributed by atoms with Crippen LogP contribution in [0.1, 0.15) is 38.2 Å². The molecule has 1 rings (SSSR count). The van der Waals surface area contributed by atoms with Gasteiger partial charge in [-0.05, 0) is 53.2 Å². The molecule has 0 fully saturated rings. The fraction of sp³-hybridized carbons (Fsp3) is 0.533. The number of unbranched alkanes of at least 4 members (excludes halogenated alkanes) is 2. The van der Waals surface area contributed by atoms with E-state index >= 15 is 0 Å². The van der Waals surface area contributed by atoms with Gasteiger partial charge >= 0.3 is 0 Å². The molecule has 2 N–H and O–H groups in total. The standard InChI is InChI=1S/C15H21BrN2O/c1-2-13(18)11-12-7-6-8-14(16)15(12)19-10-5-3-4-9-17/h6-8,13H,2-5,10-11,18H2,1H3. The number of rotatable bonds is 8. The monoisotopic (exact) mass is 324 g/mol. The minimum atomic E-state index is 0.162. The van der Waals surface area contributed by atoms with E-state index in [-0.39, 0.29) is 6.04 Å². The molecule has 0 aliphatic heterocycles. The highest BCUT2D eigenvalue weighted by atomic mass is 79.9. The second-order valence-electron chi connectivity index (χ2n) is 4.56. The molecule has 0 aliphatic rings. The van der Waals surface area contributed by atoms with Crippen molar-refractivity contribution < 1.29 is 4.74 Å². The van der Waals surface area contributed by atoms with Crippen LogP contribution in [0.5, 0.6) is 5.75 Å². The number of hydrogen-bond acceptors (Lipinski definition) is 3. The second-order valence-corrected chi connectivity index (χ2v) is 5.42. The Morgan fingerprint density at radius 1 is 1.42 bits per heavy atom. The number of nitrogens with two attached hydrogens (primary N) is 1. The van der Waals surface area contributed by atoms with E-state index in [1.165, 1.54) is 0 Å². The van der Waals surface area contributed by atoms with Gasteiger partial charge < -0.3 is 10.5 Å². The summed E-state index contributed by atoms with van der Waals surface area (Å²) >= 11 is 3.52. The quantitative estimate of drug-likeness (QED) is 0.740. The van der Waals surface area contributed by atoms with Crippen molar-refractivity contribution in [3.63, 3.8) is 0 Å². The summed E-state index contributed by atoms with van der Waals surface area (Å²) < 4.78 is 6.81. The van der Waals surface area contributed by atoms with Gasteiger partial charge in [0.2, 0.25) is 0 Å². The minimum Gasteiger partial charge on any atom is -0.492 e. The smallest absolute Gasteiger partial charge is 0.136 e. The predicted molar refractivity (Wildman–Crippen MR) is 81.1 cm³/mol. The van der Waals surface area contributed by atoms with E-state index in [1.807, 2.05) is 12.1 Å². The van der Waals surface area contributed by atoms with Crippen molar-refractivity contribution in [1.29, 1.82) is 5.26 Å². The molecule has 0 aliphatic carbocycles. The molecule has 0 saturated carbocycles. The first-order valence-electron chi connectivity index (χ1n) is 6.71. The number of benzene rings is 1. The Bertz CT molecular complexity index is 429. The van der Waals surface area contributed by atoms with E-state index in [2.05, 4.69) is 35.0 Å². The van der Waals surface area contributed by atoms with Crippen LogP contribution < -0.4 is 10.5 Å². The Kier molecular flexibility index (Phi) is 7.54. The van der Waals surface area contributed by atoms with Gasteiger partial charge in [-0.25, -0.2) is 0 Å². The number of nitrogens with zero attached hydrogens (tertiary/aromatic N) is 1. The van der Waals surface area contributed by atoms with Crippen LogP contribution in [0.3, 0.4) is 0 Å². The fourth-order valence-corrected chi connectivity index (χ4v) is 2.30. The van der Waals surface area contributed by atoms with Crippen LogP contribution in [-0.4, -0.2) is 12.6 Å². The van der Waals surface area contributed by atoms with Crippen LogP contribution in [0.4, 0.5) is 0 Å². The van der Waals surface area contributed by atoms with Gasteiger partial charge in [-0.3, -0.25) is 0 Å². The van der Waals surface area contributed by atoms with E-state index in [0.717, 1.165) is 41.5 Å². The zero-order chi connectivity index (χ0) is 14.1. The summed E-state index contributed by atoms with van der Waals surface area (Å²) in [6.45, 7) is 2.73. The van der Waals surface area contributed by atoms with Crippen molar-refractivity contribution in [1.82, 2.24) is 0 Å². The number of para-hydroxylation sites is 1. The zero-order valence-electron chi connectivity index (χ0n) is 11.4. The van der Waals surface area contributed by atoms with Crippen molar-refractivity contribution in [2.45, 2.75) is 45.1 Å². The van der Waals surface area contributed by atoms with Gasteiger partial charge in [-0.2, -0.15) is 5.26 Å². The van der Waals surface area contributed by atoms with Crippen molar-refractivity contribution in [3.8, 4) is 11.8 Å². The summed E-state index contributed by atoms with van der Waals surface area (Å²) in [5.41, 5.74) is 7.15. The normalized spacial score (nSPS) is 11.9. The molecule has 0 amide bonds. The molecular weight excluding hydrogens is 304 g/mol. The maximum absolute atomic E-state index is 8.48. The maximum atomic E-state index is 8.48. The van der Waals surface area contributed by atoms with Gasteiger partial charge in [0.1, 0.15) is 5.75 Å². The molecule has 3 nitrogen and oxygen atoms in total. The molecule has 104 valence electrons. The van der Waals surface area contributed by atoms with E-state index in [9.17, 15) is 0 Å². The lowest BCUT2D eigenvalue weighted by atomic mass is 10.0. The Hall–Kier alpha value is -1.05. The van der Waals surface area contributed by atoms with Crippen molar-refractivity contribution in [2.75, 3.05) is 6.61 Å². The van der Waals surface area contributed by atoms with Crippen LogP contribution in [0.25, 0.3) is 0 Å². The Morgan fingerprint density at radius 3 is 2.89 bits per heavy atom. The Labute approximate surface area is 123 Å². The summed E-state index contributed by atoms with van der Waals surface area (Å²) in [6.07, 6.45) is 4.14. The third-order valence-electron chi connectivity index (χ3n) is 2.98. The van der Waals surface area contributed by atoms with Crippen LogP contribution in [0, 0.1) is 11.3 Å². The van der Waals surface area contributed by atoms with Gasteiger partial charge in [0.15, 0.2) is 0 Å². The van der Waals surface area contributed by atoms with Crippen LogP contribution in [0.2, 0.25) is 0 Å². The average molecular weight is 325 g/mol. The first-order chi connectivity index (χ1) is 9.19. The Morgan fingerprint density at radius 2 is 2.21 bits per heavy atom. The zero-order valence-corrected chi connectivity index (χ0v) is 12.9. The summed E-state index contributed by atoms with van der Waals surface area (Å²) in [4.78, 5) is 0. The number of nitriles is 1. The van der Waals surface area contributed by atoms with Crippen molar-refractivity contribution >= 4 is 15.9 Å². The molecular formula is C15H21BrN2O. The lowest BCUT2D eigenvalue weighted by Crippen LogP contribution is -2.21. The highest BCUT2D eigenvalue weighted by molar-refractivity contribution is 9.10. The minimum absolute atomic E-state index is 0.162. The first kappa shape index (κ1) is 16.0. The third kappa shape index (κ3) is 5.63. The van der Waals surface area contributed by atoms with E-state index in [1.54, 1.807) is 0 Å². The van der Waals surface area contributed by atoms with Crippen molar-refractivity contribution in [2.24, 2.45) is 5.73 Å². The summed E-state index contributed by atoms with van der Waals surface area (Å²) in [5, 5.41) is 8.48. The molecule has 0 radical (unpaired) electrons. The largest absolute Gasteiger partial charge is 0.492 e. The average Bonchev–Trinajstić information content (AvgIpc) is 2.41. The van der Waals surface area contributed by atoms with Crippen LogP contribution >= 0.6 is 15.9 Å². The van der Waals surface area contributed by atoms with E-state index in [4.69, 9.17) is 15.7 Å². The molecule has 4 heteroatoms. The third-order valence-corrected chi connectivity index (χ3v) is 3.61. The number of hydrogen-bond donors (Lipinski definition) is 1. The van der Waals surface area contributed by atoms with Gasteiger partial charge in [-0.15, -0.1) is 0 Å². The lowest BCUT2D eigenvalue weighted by molar-refractivity contribution is 0.302. The molecule has 1 aromatic carbocycles. The van der Waals surface area contributed by atoms with E-state index < -0.39 is 0 Å². The Balaban J connectivity index is 2.62. The molecule has 0 spiro atoms. The first-order valence-corrected chi connectivity index (χ1v) is 7.51. The second kappa shape index (κ2) is 8.95. The maximum Gasteiger partial charge on any atom is 0.136 e. The van der Waals surface area contributed by atoms with Gasteiger partial charge in [0.05, 0.1) is 17.1 Å². The predicted octanol–water partition coefficient (Wildman–Crippen LogP) is 3.80. The summed E-state index contributed by atoms with van der Waals surface area (Å²) in [5.74, 6) is 0.892. The van der Waals surface area contributed by atoms with Crippen LogP contribution in [-0.2, 0) is 6.42 Å². The van der Waals surface area contributed by atoms with Gasteiger partial charge in [0.25, 0.3) is 0 Å².